The van der Waals surface area contributed by atoms with Gasteiger partial charge in [-0.1, -0.05) is 0 Å². The van der Waals surface area contributed by atoms with Gasteiger partial charge in [0.1, 0.15) is 17.0 Å². The molecule has 8 heteroatoms. The molecule has 1 fully saturated rings. The average molecular weight is 434 g/mol. The van der Waals surface area contributed by atoms with E-state index in [1.165, 1.54) is 0 Å². The van der Waals surface area contributed by atoms with E-state index in [1.807, 2.05) is 26.2 Å². The van der Waals surface area contributed by atoms with E-state index >= 15 is 0 Å². The van der Waals surface area contributed by atoms with Crippen molar-refractivity contribution in [1.29, 1.82) is 0 Å². The summed E-state index contributed by atoms with van der Waals surface area (Å²) in [6.45, 7) is 9.55. The quantitative estimate of drug-likeness (QED) is 0.406. The Morgan fingerprint density at radius 3 is 2.40 bits per heavy atom. The molecule has 2 heterocycles. The van der Waals surface area contributed by atoms with E-state index in [9.17, 15) is 9.59 Å². The van der Waals surface area contributed by atoms with E-state index < -0.39 is 6.23 Å². The Hall–Kier alpha value is -2.29. The van der Waals surface area contributed by atoms with Crippen molar-refractivity contribution in [3.63, 3.8) is 0 Å². The second-order valence-corrected chi connectivity index (χ2v) is 8.97. The third kappa shape index (κ3) is 7.85. The molecule has 7 nitrogen and oxygen atoms in total. The molecule has 0 bridgehead atoms. The van der Waals surface area contributed by atoms with Crippen molar-refractivity contribution in [2.24, 2.45) is 5.73 Å². The smallest absolute Gasteiger partial charge is 0.293 e. The lowest BCUT2D eigenvalue weighted by molar-refractivity contribution is -0.138. The number of hydrogen-bond donors (Lipinski definition) is 2. The molecule has 1 aliphatic rings. The normalized spacial score (nSPS) is 15.5. The SMILES string of the molecule is CC(=O)c1ccc(OC(N)c2csc(C3CCNCC3)n2)cc1.CC(C)(C)OC=O. The third-order valence-corrected chi connectivity index (χ3v) is 5.47. The minimum Gasteiger partial charge on any atom is -0.470 e. The number of aromatic nitrogens is 1. The predicted molar refractivity (Wildman–Crippen MR) is 118 cm³/mol. The van der Waals surface area contributed by atoms with Crippen LogP contribution < -0.4 is 15.8 Å². The van der Waals surface area contributed by atoms with Crippen LogP contribution in [-0.2, 0) is 9.53 Å². The summed E-state index contributed by atoms with van der Waals surface area (Å²) in [5.41, 5.74) is 7.22. The van der Waals surface area contributed by atoms with Gasteiger partial charge in [0.25, 0.3) is 6.47 Å². The van der Waals surface area contributed by atoms with Gasteiger partial charge in [-0.2, -0.15) is 0 Å². The fourth-order valence-corrected chi connectivity index (χ4v) is 3.82. The maximum atomic E-state index is 11.3. The molecule has 1 aromatic heterocycles. The van der Waals surface area contributed by atoms with Crippen LogP contribution in [0.4, 0.5) is 0 Å². The Labute approximate surface area is 182 Å². The third-order valence-electron chi connectivity index (χ3n) is 4.45. The van der Waals surface area contributed by atoms with Crippen LogP contribution in [0.15, 0.2) is 29.6 Å². The van der Waals surface area contributed by atoms with Gasteiger partial charge in [0, 0.05) is 16.9 Å². The second-order valence-electron chi connectivity index (χ2n) is 8.08. The number of ether oxygens (including phenoxy) is 2. The largest absolute Gasteiger partial charge is 0.470 e. The number of carbonyl (C=O) groups is 2. The summed E-state index contributed by atoms with van der Waals surface area (Å²) < 4.78 is 10.3. The van der Waals surface area contributed by atoms with Crippen molar-refractivity contribution in [2.75, 3.05) is 13.1 Å². The van der Waals surface area contributed by atoms with Gasteiger partial charge in [-0.25, -0.2) is 4.98 Å². The molecule has 0 aliphatic carbocycles. The van der Waals surface area contributed by atoms with Crippen LogP contribution in [0.1, 0.15) is 73.7 Å². The highest BCUT2D eigenvalue weighted by Gasteiger charge is 2.20. The molecule has 3 rings (SSSR count). The first-order valence-electron chi connectivity index (χ1n) is 10.0. The van der Waals surface area contributed by atoms with Crippen LogP contribution in [0.5, 0.6) is 5.75 Å². The number of nitrogens with zero attached hydrogens (tertiary/aromatic N) is 1. The molecule has 1 aromatic carbocycles. The number of ketones is 1. The van der Waals surface area contributed by atoms with Crippen molar-refractivity contribution in [3.8, 4) is 5.75 Å². The van der Waals surface area contributed by atoms with Crippen molar-refractivity contribution in [1.82, 2.24) is 10.3 Å². The standard InChI is InChI=1S/C17H21N3O2S.C5H10O2/c1-11(21)12-2-4-14(5-3-12)22-16(18)15-10-23-17(20-15)13-6-8-19-9-7-13;1-5(2,3)7-4-6/h2-5,10,13,16,19H,6-9,18H2,1H3;4H,1-3H3. The second kappa shape index (κ2) is 11.2. The lowest BCUT2D eigenvalue weighted by Crippen LogP contribution is -2.26. The summed E-state index contributed by atoms with van der Waals surface area (Å²) in [7, 11) is 0. The number of nitrogens with two attached hydrogens (primary N) is 1. The molecule has 0 spiro atoms. The van der Waals surface area contributed by atoms with Crippen molar-refractivity contribution < 1.29 is 19.1 Å². The molecule has 164 valence electrons. The number of Topliss-reactive ketones (excluding diaryl/α,β-unsaturated/α-hetero) is 1. The van der Waals surface area contributed by atoms with E-state index in [-0.39, 0.29) is 11.4 Å². The minimum atomic E-state index is -0.593. The number of thiazole rings is 1. The maximum Gasteiger partial charge on any atom is 0.293 e. The molecular weight excluding hydrogens is 402 g/mol. The Balaban J connectivity index is 0.000000396. The van der Waals surface area contributed by atoms with Crippen LogP contribution in [0.2, 0.25) is 0 Å². The lowest BCUT2D eigenvalue weighted by atomic mass is 9.99. The van der Waals surface area contributed by atoms with Crippen LogP contribution in [0, 0.1) is 0 Å². The van der Waals surface area contributed by atoms with Gasteiger partial charge in [-0.3, -0.25) is 15.3 Å². The van der Waals surface area contributed by atoms with Crippen molar-refractivity contribution >= 4 is 23.6 Å². The minimum absolute atomic E-state index is 0.0342. The van der Waals surface area contributed by atoms with Gasteiger partial charge >= 0.3 is 0 Å². The molecule has 0 saturated carbocycles. The van der Waals surface area contributed by atoms with E-state index in [2.05, 4.69) is 15.0 Å². The van der Waals surface area contributed by atoms with E-state index in [1.54, 1.807) is 42.5 Å². The van der Waals surface area contributed by atoms with E-state index in [0.717, 1.165) is 36.6 Å². The first-order chi connectivity index (χ1) is 14.2. The van der Waals surface area contributed by atoms with Gasteiger partial charge in [-0.05, 0) is 77.9 Å². The molecule has 1 aliphatic heterocycles. The van der Waals surface area contributed by atoms with Crippen LogP contribution in [0.3, 0.4) is 0 Å². The summed E-state index contributed by atoms with van der Waals surface area (Å²) in [6.07, 6.45) is 1.65. The first-order valence-corrected chi connectivity index (χ1v) is 10.9. The van der Waals surface area contributed by atoms with Gasteiger partial charge in [0.05, 0.1) is 5.01 Å². The molecule has 3 N–H and O–H groups in total. The highest BCUT2D eigenvalue weighted by atomic mass is 32.1. The highest BCUT2D eigenvalue weighted by molar-refractivity contribution is 7.09. The predicted octanol–water partition coefficient (Wildman–Crippen LogP) is 3.81. The summed E-state index contributed by atoms with van der Waals surface area (Å²) >= 11 is 1.66. The summed E-state index contributed by atoms with van der Waals surface area (Å²) in [6, 6.07) is 7.01. The van der Waals surface area contributed by atoms with Crippen LogP contribution in [-0.4, -0.2) is 35.9 Å². The first kappa shape index (κ1) is 24.0. The van der Waals surface area contributed by atoms with Gasteiger partial charge in [-0.15, -0.1) is 11.3 Å². The fraction of sp³-hybridized carbons (Fsp3) is 0.500. The zero-order valence-electron chi connectivity index (χ0n) is 18.0. The number of piperidine rings is 1. The average Bonchev–Trinajstić information content (AvgIpc) is 3.19. The Morgan fingerprint density at radius 1 is 1.27 bits per heavy atom. The molecule has 1 atom stereocenters. The molecular formula is C22H31N3O4S. The van der Waals surface area contributed by atoms with E-state index in [0.29, 0.717) is 23.7 Å². The Kier molecular flexibility index (Phi) is 8.95. The van der Waals surface area contributed by atoms with Crippen LogP contribution in [0.25, 0.3) is 0 Å². The summed E-state index contributed by atoms with van der Waals surface area (Å²) in [4.78, 5) is 25.5. The number of carbonyl (C=O) groups excluding carboxylic acids is 2. The Morgan fingerprint density at radius 2 is 1.90 bits per heavy atom. The summed E-state index contributed by atoms with van der Waals surface area (Å²) in [5.74, 6) is 1.20. The monoisotopic (exact) mass is 433 g/mol. The van der Waals surface area contributed by atoms with Crippen molar-refractivity contribution in [2.45, 2.75) is 58.3 Å². The molecule has 1 saturated heterocycles. The number of benzene rings is 1. The fourth-order valence-electron chi connectivity index (χ4n) is 2.81. The summed E-state index contributed by atoms with van der Waals surface area (Å²) in [5, 5.41) is 6.49. The highest BCUT2D eigenvalue weighted by Crippen LogP contribution is 2.29. The molecule has 0 radical (unpaired) electrons. The molecule has 30 heavy (non-hydrogen) atoms. The number of nitrogens with one attached hydrogen (secondary N) is 1. The number of rotatable bonds is 6. The Bertz CT molecular complexity index is 809. The van der Waals surface area contributed by atoms with E-state index in [4.69, 9.17) is 10.5 Å². The van der Waals surface area contributed by atoms with Crippen molar-refractivity contribution in [3.05, 3.63) is 45.9 Å². The lowest BCUT2D eigenvalue weighted by Gasteiger charge is -2.20. The topological polar surface area (TPSA) is 104 Å². The molecule has 0 amide bonds. The number of hydrogen-bond acceptors (Lipinski definition) is 8. The van der Waals surface area contributed by atoms with Crippen LogP contribution >= 0.6 is 11.3 Å². The van der Waals surface area contributed by atoms with Gasteiger partial charge < -0.3 is 14.8 Å². The zero-order chi connectivity index (χ0) is 22.1. The maximum absolute atomic E-state index is 11.3. The molecule has 1 unspecified atom stereocenters. The van der Waals surface area contributed by atoms with Gasteiger partial charge in [0.15, 0.2) is 12.0 Å². The van der Waals surface area contributed by atoms with Gasteiger partial charge in [0.2, 0.25) is 0 Å². The zero-order valence-corrected chi connectivity index (χ0v) is 18.8. The molecule has 2 aromatic rings.